The zero-order valence-corrected chi connectivity index (χ0v) is 40.9. The lowest BCUT2D eigenvalue weighted by molar-refractivity contribution is -0.135. The minimum atomic E-state index is -1.32. The molecule has 4 fully saturated rings. The number of carbonyl (C=O) groups excluding carboxylic acids is 4. The van der Waals surface area contributed by atoms with Gasteiger partial charge in [0.1, 0.15) is 35.7 Å². The van der Waals surface area contributed by atoms with Gasteiger partial charge < -0.3 is 44.8 Å². The van der Waals surface area contributed by atoms with Crippen LogP contribution in [0.25, 0.3) is 22.1 Å². The molecule has 71 heavy (non-hydrogen) atoms. The van der Waals surface area contributed by atoms with Crippen molar-refractivity contribution in [3.05, 3.63) is 82.9 Å². The third-order valence-corrected chi connectivity index (χ3v) is 15.1. The molecule has 2 unspecified atom stereocenters. The van der Waals surface area contributed by atoms with Crippen LogP contribution >= 0.6 is 0 Å². The van der Waals surface area contributed by atoms with Gasteiger partial charge in [0.15, 0.2) is 17.4 Å². The van der Waals surface area contributed by atoms with Gasteiger partial charge in [-0.05, 0) is 104 Å². The van der Waals surface area contributed by atoms with E-state index in [1.165, 1.54) is 31.3 Å². The number of Topliss-reactive ketones (excluding diaryl/α,β-unsaturated/α-hetero) is 1. The van der Waals surface area contributed by atoms with Crippen molar-refractivity contribution in [2.45, 2.75) is 128 Å². The van der Waals surface area contributed by atoms with Gasteiger partial charge in [-0.1, -0.05) is 39.8 Å². The van der Waals surface area contributed by atoms with Crippen molar-refractivity contribution in [3.8, 4) is 0 Å². The molecule has 4 aliphatic rings. The number of alkyl carbamates (subject to hydrolysis) is 2. The summed E-state index contributed by atoms with van der Waals surface area (Å²) in [5, 5.41) is 5.23. The molecule has 5 heterocycles. The first-order valence-corrected chi connectivity index (χ1v) is 24.9. The standard InChI is InChI=1S/C52H63F4N9O6/c1-26(2)44(61-51(68)70-5)47(66)33-20-30(53)21-34(33)48-57-37-12-10-28(18-39(37)59-48)41-14-15-42(65(41)32-23-35(55)46(36(56)24-32)63-16-8-7-9-17-63)29-11-13-38-40(19-29)60-49(58-38)43-22-31(54)25-64(43)50(67)45(27(3)4)62-52(69)71-6/h10-13,18-19,23-24,26-27,30-31,33-34,41-45H,7-9,14-17,20-22,25H2,1-6H3,(H,57,59)(H,58,60)(H,61,68)(H,62,69)/t30-,31+,33?,34+,41+,42+,43?,44-,45-/m0/s1. The number of amides is 3. The number of nitrogens with one attached hydrogen (secondary N) is 4. The van der Waals surface area contributed by atoms with E-state index in [2.05, 4.69) is 20.6 Å². The summed E-state index contributed by atoms with van der Waals surface area (Å²) in [4.78, 5) is 73.9. The second-order valence-electron chi connectivity index (χ2n) is 20.4. The fourth-order valence-electron chi connectivity index (χ4n) is 11.5. The zero-order chi connectivity index (χ0) is 50.4. The maximum absolute atomic E-state index is 16.4. The highest BCUT2D eigenvalue weighted by Crippen LogP contribution is 2.49. The number of likely N-dealkylation sites (tertiary alicyclic amines) is 1. The molecule has 19 heteroatoms. The molecule has 1 aliphatic carbocycles. The van der Waals surface area contributed by atoms with Crippen LogP contribution in [0.15, 0.2) is 48.5 Å². The number of piperidine rings is 1. The average Bonchev–Trinajstić information content (AvgIpc) is 4.20. The number of benzene rings is 3. The third kappa shape index (κ3) is 9.84. The SMILES string of the molecule is COC(=O)N[C@H](C(=O)C1C[C@H](F)C[C@H]1c1nc2ccc([C@H]3CC[C@H](c4ccc5nc(C6C[C@@H](F)CN6C(=O)[C@@H](NC(=O)OC)C(C)C)[nH]c5c4)N3c3cc(F)c(N4CCCCC4)c(F)c3)cc2[nH]1)C(C)C. The van der Waals surface area contributed by atoms with E-state index in [1.54, 1.807) is 18.7 Å². The van der Waals surface area contributed by atoms with Crippen LogP contribution in [-0.2, 0) is 19.1 Å². The number of aromatic nitrogens is 4. The number of imidazole rings is 2. The van der Waals surface area contributed by atoms with Gasteiger partial charge in [-0.3, -0.25) is 9.59 Å². The zero-order valence-electron chi connectivity index (χ0n) is 40.9. The van der Waals surface area contributed by atoms with E-state index in [0.29, 0.717) is 65.3 Å². The summed E-state index contributed by atoms with van der Waals surface area (Å²) in [5.74, 6) is -3.06. The smallest absolute Gasteiger partial charge is 0.407 e. The summed E-state index contributed by atoms with van der Waals surface area (Å²) in [6, 6.07) is 11.0. The van der Waals surface area contributed by atoms with Crippen molar-refractivity contribution < 1.29 is 46.2 Å². The number of ether oxygens (including phenoxy) is 2. The number of nitrogens with zero attached hydrogens (tertiary/aromatic N) is 5. The van der Waals surface area contributed by atoms with Gasteiger partial charge in [0.05, 0.1) is 67.0 Å². The number of anilines is 2. The summed E-state index contributed by atoms with van der Waals surface area (Å²) in [5.41, 5.74) is 4.49. The summed E-state index contributed by atoms with van der Waals surface area (Å²) in [6.45, 7) is 8.14. The van der Waals surface area contributed by atoms with Crippen LogP contribution in [0, 0.1) is 29.4 Å². The molecule has 9 rings (SSSR count). The van der Waals surface area contributed by atoms with Crippen molar-refractivity contribution >= 4 is 57.3 Å². The molecule has 3 amide bonds. The molecule has 3 saturated heterocycles. The predicted molar refractivity (Wildman–Crippen MR) is 259 cm³/mol. The Bertz CT molecular complexity index is 2620. The number of H-pyrrole nitrogens is 2. The Kier molecular flexibility index (Phi) is 14.2. The number of hydrogen-bond acceptors (Lipinski definition) is 10. The summed E-state index contributed by atoms with van der Waals surface area (Å²) >= 11 is 0. The van der Waals surface area contributed by atoms with Crippen molar-refractivity contribution in [1.29, 1.82) is 0 Å². The Labute approximate surface area is 409 Å². The van der Waals surface area contributed by atoms with Gasteiger partial charge >= 0.3 is 12.2 Å². The lowest BCUT2D eigenvalue weighted by atomic mass is 9.84. The summed E-state index contributed by atoms with van der Waals surface area (Å²) < 4.78 is 72.8. The number of aromatic amines is 2. The second kappa shape index (κ2) is 20.4. The highest BCUT2D eigenvalue weighted by molar-refractivity contribution is 5.91. The Hall–Kier alpha value is -6.40. The molecule has 5 aromatic rings. The molecule has 0 radical (unpaired) electrons. The lowest BCUT2D eigenvalue weighted by Gasteiger charge is -2.35. The van der Waals surface area contributed by atoms with Crippen LogP contribution in [0.3, 0.4) is 0 Å². The van der Waals surface area contributed by atoms with Crippen LogP contribution < -0.4 is 20.4 Å². The molecular weight excluding hydrogens is 923 g/mol. The van der Waals surface area contributed by atoms with Crippen LogP contribution in [0.4, 0.5) is 38.5 Å². The van der Waals surface area contributed by atoms with Gasteiger partial charge in [-0.15, -0.1) is 0 Å². The van der Waals surface area contributed by atoms with Crippen molar-refractivity contribution in [1.82, 2.24) is 35.5 Å². The quantitative estimate of drug-likeness (QED) is 0.0831. The van der Waals surface area contributed by atoms with E-state index in [-0.39, 0.29) is 61.2 Å². The van der Waals surface area contributed by atoms with E-state index in [4.69, 9.17) is 19.4 Å². The summed E-state index contributed by atoms with van der Waals surface area (Å²) in [7, 11) is 2.43. The number of methoxy groups -OCH3 is 2. The molecule has 1 saturated carbocycles. The number of ketones is 1. The first-order valence-electron chi connectivity index (χ1n) is 24.9. The average molecular weight is 986 g/mol. The molecule has 380 valence electrons. The van der Waals surface area contributed by atoms with E-state index < -0.39 is 72.0 Å². The first kappa shape index (κ1) is 49.6. The fourth-order valence-corrected chi connectivity index (χ4v) is 11.5. The maximum atomic E-state index is 16.4. The van der Waals surface area contributed by atoms with Gasteiger partial charge in [0, 0.05) is 37.0 Å². The third-order valence-electron chi connectivity index (χ3n) is 15.1. The Morgan fingerprint density at radius 3 is 1.80 bits per heavy atom. The van der Waals surface area contributed by atoms with Crippen molar-refractivity contribution in [3.63, 3.8) is 0 Å². The minimum Gasteiger partial charge on any atom is -0.453 e. The number of halogens is 4. The highest BCUT2D eigenvalue weighted by Gasteiger charge is 2.46. The molecule has 9 atom stereocenters. The number of carbonyl (C=O) groups is 4. The monoisotopic (exact) mass is 985 g/mol. The normalized spacial score (nSPS) is 24.6. The lowest BCUT2D eigenvalue weighted by Crippen LogP contribution is -2.51. The van der Waals surface area contributed by atoms with E-state index in [1.807, 2.05) is 55.1 Å². The van der Waals surface area contributed by atoms with E-state index in [9.17, 15) is 19.2 Å². The highest BCUT2D eigenvalue weighted by atomic mass is 19.1. The van der Waals surface area contributed by atoms with Crippen molar-refractivity contribution in [2.24, 2.45) is 17.8 Å². The molecule has 0 spiro atoms. The van der Waals surface area contributed by atoms with Gasteiger partial charge in [0.25, 0.3) is 0 Å². The van der Waals surface area contributed by atoms with Gasteiger partial charge in [-0.25, -0.2) is 37.1 Å². The molecule has 2 aromatic heterocycles. The predicted octanol–water partition coefficient (Wildman–Crippen LogP) is 9.56. The fraction of sp³-hybridized carbons (Fsp3) is 0.538. The Balaban J connectivity index is 1.05. The Morgan fingerprint density at radius 2 is 1.24 bits per heavy atom. The van der Waals surface area contributed by atoms with Crippen molar-refractivity contribution in [2.75, 3.05) is 43.7 Å². The van der Waals surface area contributed by atoms with E-state index >= 15 is 17.6 Å². The minimum absolute atomic E-state index is 0.00266. The number of hydrogen-bond donors (Lipinski definition) is 4. The van der Waals surface area contributed by atoms with Crippen LogP contribution in [-0.4, -0.2) is 107 Å². The topological polar surface area (TPSA) is 178 Å². The first-order chi connectivity index (χ1) is 34.0. The second-order valence-corrected chi connectivity index (χ2v) is 20.4. The van der Waals surface area contributed by atoms with Gasteiger partial charge in [0.2, 0.25) is 5.91 Å². The van der Waals surface area contributed by atoms with Crippen LogP contribution in [0.5, 0.6) is 0 Å². The molecule has 15 nitrogen and oxygen atoms in total. The van der Waals surface area contributed by atoms with Crippen LogP contribution in [0.1, 0.15) is 126 Å². The van der Waals surface area contributed by atoms with E-state index in [0.717, 1.165) is 30.4 Å². The van der Waals surface area contributed by atoms with Gasteiger partial charge in [-0.2, -0.15) is 0 Å². The molecular formula is C52H63F4N9O6. The molecule has 3 aromatic carbocycles. The molecule has 3 aliphatic heterocycles. The maximum Gasteiger partial charge on any atom is 0.407 e. The van der Waals surface area contributed by atoms with Crippen LogP contribution in [0.2, 0.25) is 0 Å². The number of rotatable bonds is 13. The largest absolute Gasteiger partial charge is 0.453 e. The number of alkyl halides is 2. The molecule has 0 bridgehead atoms. The number of fused-ring (bicyclic) bond motifs is 2. The summed E-state index contributed by atoms with van der Waals surface area (Å²) in [6.07, 6.45) is -0.0958. The molecule has 4 N–H and O–H groups in total. The Morgan fingerprint density at radius 1 is 0.690 bits per heavy atom.